The van der Waals surface area contributed by atoms with Crippen molar-refractivity contribution >= 4 is 44.9 Å². The Labute approximate surface area is 155 Å². The second kappa shape index (κ2) is 7.30. The zero-order valence-electron chi connectivity index (χ0n) is 13.9. The summed E-state index contributed by atoms with van der Waals surface area (Å²) in [6, 6.07) is 10.3. The van der Waals surface area contributed by atoms with Gasteiger partial charge in [-0.1, -0.05) is 23.5 Å². The average Bonchev–Trinajstić information content (AvgIpc) is 2.95. The van der Waals surface area contributed by atoms with E-state index < -0.39 is 15.8 Å². The molecule has 0 saturated carbocycles. The highest BCUT2D eigenvalue weighted by atomic mass is 32.1. The van der Waals surface area contributed by atoms with E-state index in [9.17, 15) is 25.0 Å². The number of non-ortho nitro benzene ring substituents is 2. The third-order valence-electron chi connectivity index (χ3n) is 3.71. The number of fused-ring (bicyclic) bond motifs is 1. The molecule has 0 unspecified atom stereocenters. The Morgan fingerprint density at radius 3 is 2.52 bits per heavy atom. The lowest BCUT2D eigenvalue weighted by molar-refractivity contribution is -0.385. The second-order valence-electron chi connectivity index (χ2n) is 5.49. The number of nitrogens with zero attached hydrogens (tertiary/aromatic N) is 4. The van der Waals surface area contributed by atoms with Crippen molar-refractivity contribution in [3.05, 3.63) is 79.1 Å². The highest BCUT2D eigenvalue weighted by molar-refractivity contribution is 7.16. The van der Waals surface area contributed by atoms with E-state index in [-0.39, 0.29) is 11.4 Å². The molecule has 0 N–H and O–H groups in total. The Morgan fingerprint density at radius 2 is 1.81 bits per heavy atom. The summed E-state index contributed by atoms with van der Waals surface area (Å²) in [6.45, 7) is 0. The van der Waals surface area contributed by atoms with Crippen LogP contribution in [0.3, 0.4) is 0 Å². The van der Waals surface area contributed by atoms with E-state index in [1.165, 1.54) is 53.8 Å². The maximum absolute atomic E-state index is 12.1. The molecule has 0 atom stereocenters. The summed E-state index contributed by atoms with van der Waals surface area (Å²) < 4.78 is 2.36. The molecule has 0 radical (unpaired) electrons. The number of nitro benzene ring substituents is 2. The molecule has 136 valence electrons. The van der Waals surface area contributed by atoms with Gasteiger partial charge in [0.05, 0.1) is 20.1 Å². The Kier molecular flexibility index (Phi) is 4.90. The van der Waals surface area contributed by atoms with Crippen LogP contribution in [0.2, 0.25) is 0 Å². The first-order valence-electron chi connectivity index (χ1n) is 7.60. The quantitative estimate of drug-likeness (QED) is 0.388. The third-order valence-corrected chi connectivity index (χ3v) is 4.82. The van der Waals surface area contributed by atoms with Crippen molar-refractivity contribution in [2.75, 3.05) is 0 Å². The topological polar surface area (TPSA) is 121 Å². The minimum Gasteiger partial charge on any atom is -0.319 e. The van der Waals surface area contributed by atoms with Gasteiger partial charge in [-0.15, -0.1) is 0 Å². The monoisotopic (exact) mass is 384 g/mol. The molecule has 3 aromatic rings. The van der Waals surface area contributed by atoms with Gasteiger partial charge in [-0.25, -0.2) is 0 Å². The summed E-state index contributed by atoms with van der Waals surface area (Å²) in [5.74, 6) is -0.543. The van der Waals surface area contributed by atoms with Crippen LogP contribution in [-0.4, -0.2) is 20.3 Å². The van der Waals surface area contributed by atoms with E-state index in [1.807, 2.05) is 0 Å². The molecular formula is C17H12N4O5S. The van der Waals surface area contributed by atoms with Gasteiger partial charge in [0.25, 0.3) is 17.3 Å². The van der Waals surface area contributed by atoms with Crippen molar-refractivity contribution in [3.63, 3.8) is 0 Å². The van der Waals surface area contributed by atoms with Gasteiger partial charge in [-0.05, 0) is 17.7 Å². The van der Waals surface area contributed by atoms with Crippen molar-refractivity contribution in [1.29, 1.82) is 0 Å². The van der Waals surface area contributed by atoms with Crippen LogP contribution < -0.4 is 4.80 Å². The van der Waals surface area contributed by atoms with Gasteiger partial charge in [0.2, 0.25) is 0 Å². The maximum atomic E-state index is 12.1. The van der Waals surface area contributed by atoms with E-state index in [0.717, 1.165) is 4.70 Å². The van der Waals surface area contributed by atoms with E-state index in [4.69, 9.17) is 0 Å². The summed E-state index contributed by atoms with van der Waals surface area (Å²) in [4.78, 5) is 37.2. The van der Waals surface area contributed by atoms with E-state index in [0.29, 0.717) is 15.9 Å². The number of aromatic nitrogens is 1. The number of carbonyl (C=O) groups excluding carboxylic acids is 1. The number of amides is 1. The van der Waals surface area contributed by atoms with Gasteiger partial charge in [0, 0.05) is 37.4 Å². The first-order chi connectivity index (χ1) is 12.8. The van der Waals surface area contributed by atoms with Crippen molar-refractivity contribution < 1.29 is 14.6 Å². The molecule has 0 saturated heterocycles. The lowest BCUT2D eigenvalue weighted by atomic mass is 10.2. The van der Waals surface area contributed by atoms with Crippen LogP contribution >= 0.6 is 11.3 Å². The van der Waals surface area contributed by atoms with Crippen LogP contribution in [0.5, 0.6) is 0 Å². The van der Waals surface area contributed by atoms with Gasteiger partial charge in [0.15, 0.2) is 4.80 Å². The molecule has 9 nitrogen and oxygen atoms in total. The molecule has 3 rings (SSSR count). The van der Waals surface area contributed by atoms with Crippen molar-refractivity contribution in [3.8, 4) is 0 Å². The summed E-state index contributed by atoms with van der Waals surface area (Å²) in [5, 5.41) is 21.7. The molecule has 10 heteroatoms. The van der Waals surface area contributed by atoms with Crippen LogP contribution in [0.4, 0.5) is 11.4 Å². The van der Waals surface area contributed by atoms with Crippen LogP contribution in [0.25, 0.3) is 16.3 Å². The molecule has 0 bridgehead atoms. The molecule has 1 aromatic heterocycles. The van der Waals surface area contributed by atoms with Crippen molar-refractivity contribution in [2.24, 2.45) is 12.0 Å². The first kappa shape index (κ1) is 18.1. The minimum atomic E-state index is -0.543. The lowest BCUT2D eigenvalue weighted by Crippen LogP contribution is -2.12. The van der Waals surface area contributed by atoms with Crippen molar-refractivity contribution in [1.82, 2.24) is 4.57 Å². The summed E-state index contributed by atoms with van der Waals surface area (Å²) in [5.41, 5.74) is 0.992. The summed E-state index contributed by atoms with van der Waals surface area (Å²) >= 11 is 1.23. The molecule has 0 aliphatic carbocycles. The van der Waals surface area contributed by atoms with Gasteiger partial charge >= 0.3 is 0 Å². The third kappa shape index (κ3) is 3.96. The predicted octanol–water partition coefficient (Wildman–Crippen LogP) is 3.20. The van der Waals surface area contributed by atoms with Gasteiger partial charge in [-0.2, -0.15) is 4.99 Å². The SMILES string of the molecule is Cn1c(=NC(=O)/C=C/c2cccc([N+](=O)[O-])c2)sc2ccc([N+](=O)[O-])cc21. The minimum absolute atomic E-state index is 0.0423. The maximum Gasteiger partial charge on any atom is 0.272 e. The number of hydrogen-bond acceptors (Lipinski definition) is 6. The molecule has 2 aromatic carbocycles. The van der Waals surface area contributed by atoms with Crippen molar-refractivity contribution in [2.45, 2.75) is 0 Å². The second-order valence-corrected chi connectivity index (χ2v) is 6.50. The van der Waals surface area contributed by atoms with E-state index >= 15 is 0 Å². The number of thiazole rings is 1. The van der Waals surface area contributed by atoms with Gasteiger partial charge < -0.3 is 4.57 Å². The Balaban J connectivity index is 1.91. The lowest BCUT2D eigenvalue weighted by Gasteiger charge is -1.95. The molecule has 1 amide bonds. The fourth-order valence-corrected chi connectivity index (χ4v) is 3.38. The average molecular weight is 384 g/mol. The molecule has 0 spiro atoms. The Bertz CT molecular complexity index is 1180. The van der Waals surface area contributed by atoms with E-state index in [1.54, 1.807) is 23.7 Å². The highest BCUT2D eigenvalue weighted by Gasteiger charge is 2.10. The number of nitro groups is 2. The predicted molar refractivity (Wildman–Crippen MR) is 100 cm³/mol. The molecule has 0 aliphatic rings. The Hall–Kier alpha value is -3.66. The molecule has 0 aliphatic heterocycles. The molecule has 27 heavy (non-hydrogen) atoms. The number of rotatable bonds is 4. The largest absolute Gasteiger partial charge is 0.319 e. The molecule has 0 fully saturated rings. The Morgan fingerprint density at radius 1 is 1.11 bits per heavy atom. The van der Waals surface area contributed by atoms with Gasteiger partial charge in [-0.3, -0.25) is 25.0 Å². The molecule has 1 heterocycles. The van der Waals surface area contributed by atoms with E-state index in [2.05, 4.69) is 4.99 Å². The fraction of sp³-hybridized carbons (Fsp3) is 0.0588. The first-order valence-corrected chi connectivity index (χ1v) is 8.42. The standard InChI is InChI=1S/C17H12N4O5S/c1-19-14-10-13(21(25)26)6-7-15(14)27-17(19)18-16(22)8-5-11-3-2-4-12(9-11)20(23)24/h2-10H,1H3/b8-5+,18-17?. The van der Waals surface area contributed by atoms with Crippen LogP contribution in [0.1, 0.15) is 5.56 Å². The number of carbonyl (C=O) groups is 1. The molecular weight excluding hydrogens is 372 g/mol. The zero-order valence-corrected chi connectivity index (χ0v) is 14.8. The highest BCUT2D eigenvalue weighted by Crippen LogP contribution is 2.22. The smallest absolute Gasteiger partial charge is 0.272 e. The number of hydrogen-bond donors (Lipinski definition) is 0. The van der Waals surface area contributed by atoms with Gasteiger partial charge in [0.1, 0.15) is 0 Å². The normalized spacial score (nSPS) is 12.0. The summed E-state index contributed by atoms with van der Waals surface area (Å²) in [6.07, 6.45) is 2.66. The zero-order chi connectivity index (χ0) is 19.6. The van der Waals surface area contributed by atoms with Crippen LogP contribution in [0, 0.1) is 20.2 Å². The summed E-state index contributed by atoms with van der Waals surface area (Å²) in [7, 11) is 1.67. The van der Waals surface area contributed by atoms with Crippen LogP contribution in [0.15, 0.2) is 53.5 Å². The fourth-order valence-electron chi connectivity index (χ4n) is 2.38. The number of benzene rings is 2. The van der Waals surface area contributed by atoms with Crippen LogP contribution in [-0.2, 0) is 11.8 Å². The number of aryl methyl sites for hydroxylation is 1.